The molecule has 4 aromatic rings. The maximum atomic E-state index is 16.0. The zero-order chi connectivity index (χ0) is 33.3. The Morgan fingerprint density at radius 2 is 1.76 bits per heavy atom. The molecule has 2 aromatic carbocycles. The van der Waals surface area contributed by atoms with Crippen molar-refractivity contribution < 1.29 is 27.1 Å². The number of pyridine rings is 2. The highest BCUT2D eigenvalue weighted by Crippen LogP contribution is 2.37. The van der Waals surface area contributed by atoms with Gasteiger partial charge >= 0.3 is 6.18 Å². The van der Waals surface area contributed by atoms with Gasteiger partial charge in [0.2, 0.25) is 5.88 Å². The van der Waals surface area contributed by atoms with Crippen molar-refractivity contribution in [3.63, 3.8) is 0 Å². The predicted octanol–water partition coefficient (Wildman–Crippen LogP) is 5.14. The van der Waals surface area contributed by atoms with Gasteiger partial charge in [0.05, 0.1) is 22.5 Å². The van der Waals surface area contributed by atoms with Crippen molar-refractivity contribution in [2.24, 2.45) is 5.73 Å². The number of hydrogen-bond acceptors (Lipinski definition) is 7. The van der Waals surface area contributed by atoms with E-state index in [1.165, 1.54) is 24.4 Å². The summed E-state index contributed by atoms with van der Waals surface area (Å²) in [4.78, 5) is 33.6. The molecule has 13 heteroatoms. The fraction of sp³-hybridized carbons (Fsp3) is 0.273. The van der Waals surface area contributed by atoms with Gasteiger partial charge in [-0.15, -0.1) is 0 Å². The molecule has 1 amide bonds. The van der Waals surface area contributed by atoms with Crippen LogP contribution in [0, 0.1) is 17.1 Å². The normalized spacial score (nSPS) is 17.0. The molecule has 1 aliphatic rings. The Kier molecular flexibility index (Phi) is 8.85. The van der Waals surface area contributed by atoms with E-state index in [9.17, 15) is 28.0 Å². The molecular weight excluding hydrogens is 604 g/mol. The minimum absolute atomic E-state index is 0.00987. The standard InChI is InChI=1S/C33H30F4N6O3/c1-19-15-42(16-20(2)41(19)3)28-12-27(34)24(10-29(28)43-17-25(31(39)45)26(11-30(43)44)33(35,36)37)23-9-22(13-38)32(40-14-23)46-18-21-7-5-4-6-8-21/h4-12,14,17,19-20H,15-16,18H2,1-3H3,(H2,39,45)/t19-,20+. The lowest BCUT2D eigenvalue weighted by molar-refractivity contribution is -0.138. The van der Waals surface area contributed by atoms with Crippen molar-refractivity contribution in [3.05, 3.63) is 105 Å². The second-order valence-corrected chi connectivity index (χ2v) is 11.2. The van der Waals surface area contributed by atoms with Gasteiger partial charge in [-0.1, -0.05) is 30.3 Å². The fourth-order valence-corrected chi connectivity index (χ4v) is 5.49. The van der Waals surface area contributed by atoms with Crippen LogP contribution in [0.2, 0.25) is 0 Å². The summed E-state index contributed by atoms with van der Waals surface area (Å²) in [5.74, 6) is -2.09. The lowest BCUT2D eigenvalue weighted by atomic mass is 10.0. The number of benzene rings is 2. The van der Waals surface area contributed by atoms with Crippen LogP contribution in [0.4, 0.5) is 23.2 Å². The number of carbonyl (C=O) groups is 1. The largest absolute Gasteiger partial charge is 0.472 e. The van der Waals surface area contributed by atoms with Gasteiger partial charge in [0.15, 0.2) is 0 Å². The molecule has 0 unspecified atom stereocenters. The van der Waals surface area contributed by atoms with Crippen LogP contribution in [0.3, 0.4) is 0 Å². The molecule has 3 heterocycles. The number of halogens is 4. The van der Waals surface area contributed by atoms with Crippen molar-refractivity contribution in [3.8, 4) is 28.8 Å². The second kappa shape index (κ2) is 12.6. The van der Waals surface area contributed by atoms with E-state index in [1.807, 2.05) is 62.2 Å². The smallest absolute Gasteiger partial charge is 0.417 e. The van der Waals surface area contributed by atoms with E-state index in [0.717, 1.165) is 16.3 Å². The van der Waals surface area contributed by atoms with E-state index in [1.54, 1.807) is 0 Å². The third kappa shape index (κ3) is 6.43. The topological polar surface area (TPSA) is 117 Å². The molecule has 2 N–H and O–H groups in total. The summed E-state index contributed by atoms with van der Waals surface area (Å²) in [6.07, 6.45) is -2.99. The first kappa shape index (κ1) is 32.2. The lowest BCUT2D eigenvalue weighted by Crippen LogP contribution is -2.55. The number of alkyl halides is 3. The quantitative estimate of drug-likeness (QED) is 0.280. The average Bonchev–Trinajstić information content (AvgIpc) is 3.02. The number of amides is 1. The summed E-state index contributed by atoms with van der Waals surface area (Å²) in [6, 6.07) is 15.4. The molecule has 1 aliphatic heterocycles. The SMILES string of the molecule is C[C@@H]1CN(c2cc(F)c(-c3cnc(OCc4ccccc4)c(C#N)c3)cc2-n2cc(C(N)=O)c(C(F)(F)F)cc2=O)C[C@H](C)N1C. The molecule has 2 aromatic heterocycles. The highest BCUT2D eigenvalue weighted by molar-refractivity contribution is 5.94. The number of ether oxygens (including phenoxy) is 1. The number of nitrogens with two attached hydrogens (primary N) is 1. The van der Waals surface area contributed by atoms with E-state index in [2.05, 4.69) is 9.88 Å². The van der Waals surface area contributed by atoms with Crippen LogP contribution in [0.1, 0.15) is 40.9 Å². The van der Waals surface area contributed by atoms with Crippen LogP contribution >= 0.6 is 0 Å². The average molecular weight is 635 g/mol. The molecule has 0 radical (unpaired) electrons. The zero-order valence-corrected chi connectivity index (χ0v) is 25.2. The first-order valence-electron chi connectivity index (χ1n) is 14.3. The number of rotatable bonds is 7. The Morgan fingerprint density at radius 1 is 1.09 bits per heavy atom. The third-order valence-electron chi connectivity index (χ3n) is 8.15. The summed E-state index contributed by atoms with van der Waals surface area (Å²) in [5.41, 5.74) is 2.99. The molecule has 0 spiro atoms. The van der Waals surface area contributed by atoms with E-state index >= 15 is 4.39 Å². The molecule has 5 rings (SSSR count). The number of anilines is 1. The van der Waals surface area contributed by atoms with Crippen LogP contribution in [-0.2, 0) is 12.8 Å². The Hall–Kier alpha value is -5.22. The molecule has 1 fully saturated rings. The van der Waals surface area contributed by atoms with Gasteiger partial charge in [0.25, 0.3) is 11.5 Å². The van der Waals surface area contributed by atoms with E-state index in [0.29, 0.717) is 19.2 Å². The van der Waals surface area contributed by atoms with E-state index in [4.69, 9.17) is 10.5 Å². The number of carbonyl (C=O) groups excluding carboxylic acids is 1. The maximum Gasteiger partial charge on any atom is 0.417 e. The van der Waals surface area contributed by atoms with Crippen molar-refractivity contribution in [2.75, 3.05) is 25.0 Å². The number of nitriles is 1. The molecule has 9 nitrogen and oxygen atoms in total. The summed E-state index contributed by atoms with van der Waals surface area (Å²) in [6.45, 7) is 4.91. The third-order valence-corrected chi connectivity index (χ3v) is 8.15. The lowest BCUT2D eigenvalue weighted by Gasteiger charge is -2.44. The number of likely N-dealkylation sites (N-methyl/N-ethyl adjacent to an activating group) is 1. The second-order valence-electron chi connectivity index (χ2n) is 11.2. The van der Waals surface area contributed by atoms with Crippen LogP contribution in [0.5, 0.6) is 5.88 Å². The predicted molar refractivity (Wildman–Crippen MR) is 163 cm³/mol. The Morgan fingerprint density at radius 3 is 2.37 bits per heavy atom. The number of piperazine rings is 1. The first-order valence-corrected chi connectivity index (χ1v) is 14.3. The molecule has 46 heavy (non-hydrogen) atoms. The summed E-state index contributed by atoms with van der Waals surface area (Å²) < 4.78 is 63.8. The van der Waals surface area contributed by atoms with E-state index in [-0.39, 0.29) is 52.6 Å². The first-order chi connectivity index (χ1) is 21.8. The van der Waals surface area contributed by atoms with E-state index < -0.39 is 34.6 Å². The molecule has 238 valence electrons. The van der Waals surface area contributed by atoms with Gasteiger partial charge in [-0.25, -0.2) is 9.37 Å². The molecule has 0 aliphatic carbocycles. The van der Waals surface area contributed by atoms with Crippen molar-refractivity contribution in [1.29, 1.82) is 5.26 Å². The van der Waals surface area contributed by atoms with Gasteiger partial charge in [0.1, 0.15) is 24.1 Å². The molecule has 0 bridgehead atoms. The van der Waals surface area contributed by atoms with Crippen LogP contribution in [-0.4, -0.2) is 52.6 Å². The van der Waals surface area contributed by atoms with Gasteiger partial charge in [-0.05, 0) is 44.7 Å². The molecule has 1 saturated heterocycles. The fourth-order valence-electron chi connectivity index (χ4n) is 5.49. The van der Waals surface area contributed by atoms with Gasteiger partial charge in [0, 0.05) is 54.8 Å². The maximum absolute atomic E-state index is 16.0. The van der Waals surface area contributed by atoms with Crippen LogP contribution in [0.25, 0.3) is 16.8 Å². The molecule has 0 saturated carbocycles. The molecular formula is C33H30F4N6O3. The highest BCUT2D eigenvalue weighted by Gasteiger charge is 2.36. The Bertz CT molecular complexity index is 1880. The zero-order valence-electron chi connectivity index (χ0n) is 25.2. The van der Waals surface area contributed by atoms with Gasteiger partial charge in [-0.3, -0.25) is 19.1 Å². The summed E-state index contributed by atoms with van der Waals surface area (Å²) in [7, 11) is 1.95. The van der Waals surface area contributed by atoms with Crippen LogP contribution in [0.15, 0.2) is 71.8 Å². The van der Waals surface area contributed by atoms with Gasteiger partial charge < -0.3 is 15.4 Å². The van der Waals surface area contributed by atoms with Crippen molar-refractivity contribution in [1.82, 2.24) is 14.5 Å². The minimum Gasteiger partial charge on any atom is -0.472 e. The number of aromatic nitrogens is 2. The van der Waals surface area contributed by atoms with Crippen molar-refractivity contribution >= 4 is 11.6 Å². The van der Waals surface area contributed by atoms with Crippen molar-refractivity contribution in [2.45, 2.75) is 38.7 Å². The Labute approximate surface area is 262 Å². The minimum atomic E-state index is -5.02. The molecule has 2 atom stereocenters. The number of nitrogens with zero attached hydrogens (tertiary/aromatic N) is 5. The Balaban J connectivity index is 1.66. The summed E-state index contributed by atoms with van der Waals surface area (Å²) >= 11 is 0. The summed E-state index contributed by atoms with van der Waals surface area (Å²) in [5, 5.41) is 9.83. The number of hydrogen-bond donors (Lipinski definition) is 1. The monoisotopic (exact) mass is 634 g/mol. The van der Waals surface area contributed by atoms with Gasteiger partial charge in [-0.2, -0.15) is 18.4 Å². The highest BCUT2D eigenvalue weighted by atomic mass is 19.4. The van der Waals surface area contributed by atoms with Crippen LogP contribution < -0.4 is 20.9 Å². The number of primary amides is 1.